The fraction of sp³-hybridized carbons (Fsp3) is 0.667. The normalized spacial score (nSPS) is 25.7. The molecule has 4 rings (SSSR count). The van der Waals surface area contributed by atoms with Gasteiger partial charge in [0.2, 0.25) is 5.91 Å². The first-order valence-electron chi connectivity index (χ1n) is 10.3. The Morgan fingerprint density at radius 3 is 2.75 bits per heavy atom. The zero-order chi connectivity index (χ0) is 19.6. The number of fused-ring (bicyclic) bond motifs is 1. The molecule has 2 unspecified atom stereocenters. The van der Waals surface area contributed by atoms with Gasteiger partial charge in [0, 0.05) is 32.7 Å². The SMILES string of the molecule is CCCN1CC2(CCN(CC(O)C3COc4ccccc4O3)CC2)OCC1=O. The van der Waals surface area contributed by atoms with Crippen LogP contribution < -0.4 is 9.47 Å². The second-order valence-corrected chi connectivity index (χ2v) is 8.07. The minimum absolute atomic E-state index is 0.0973. The quantitative estimate of drug-likeness (QED) is 0.817. The Labute approximate surface area is 166 Å². The van der Waals surface area contributed by atoms with Gasteiger partial charge in [0.15, 0.2) is 17.6 Å². The Morgan fingerprint density at radius 2 is 2.00 bits per heavy atom. The van der Waals surface area contributed by atoms with Crippen molar-refractivity contribution in [1.82, 2.24) is 9.80 Å². The van der Waals surface area contributed by atoms with E-state index in [9.17, 15) is 9.90 Å². The van der Waals surface area contributed by atoms with Crippen molar-refractivity contribution in [2.45, 2.75) is 44.0 Å². The number of ether oxygens (including phenoxy) is 3. The highest BCUT2D eigenvalue weighted by Crippen LogP contribution is 2.33. The van der Waals surface area contributed by atoms with Crippen LogP contribution in [0.1, 0.15) is 26.2 Å². The molecule has 1 aromatic carbocycles. The summed E-state index contributed by atoms with van der Waals surface area (Å²) in [5.74, 6) is 1.51. The lowest BCUT2D eigenvalue weighted by molar-refractivity contribution is -0.172. The summed E-state index contributed by atoms with van der Waals surface area (Å²) in [5, 5.41) is 10.7. The van der Waals surface area contributed by atoms with E-state index in [1.807, 2.05) is 29.2 Å². The summed E-state index contributed by atoms with van der Waals surface area (Å²) in [5.41, 5.74) is -0.228. The van der Waals surface area contributed by atoms with Gasteiger partial charge >= 0.3 is 0 Å². The fourth-order valence-electron chi connectivity index (χ4n) is 4.31. The maximum absolute atomic E-state index is 12.0. The molecule has 2 fully saturated rings. The summed E-state index contributed by atoms with van der Waals surface area (Å²) >= 11 is 0. The van der Waals surface area contributed by atoms with Gasteiger partial charge in [-0.3, -0.25) is 4.79 Å². The van der Waals surface area contributed by atoms with Crippen molar-refractivity contribution in [1.29, 1.82) is 0 Å². The van der Waals surface area contributed by atoms with Gasteiger partial charge in [-0.05, 0) is 31.4 Å². The van der Waals surface area contributed by atoms with Crippen LogP contribution in [0.25, 0.3) is 0 Å². The van der Waals surface area contributed by atoms with E-state index in [1.54, 1.807) is 0 Å². The van der Waals surface area contributed by atoms with Crippen LogP contribution in [0, 0.1) is 0 Å². The molecule has 7 nitrogen and oxygen atoms in total. The van der Waals surface area contributed by atoms with E-state index in [2.05, 4.69) is 11.8 Å². The van der Waals surface area contributed by atoms with Gasteiger partial charge in [0.1, 0.15) is 19.3 Å². The molecule has 2 saturated heterocycles. The summed E-state index contributed by atoms with van der Waals surface area (Å²) in [6.07, 6.45) is 1.73. The highest BCUT2D eigenvalue weighted by molar-refractivity contribution is 5.78. The number of nitrogens with zero attached hydrogens (tertiary/aromatic N) is 2. The number of piperidine rings is 1. The topological polar surface area (TPSA) is 71.5 Å². The number of para-hydroxylation sites is 2. The molecule has 1 N–H and O–H groups in total. The molecule has 3 heterocycles. The van der Waals surface area contributed by atoms with E-state index in [-0.39, 0.29) is 24.2 Å². The lowest BCUT2D eigenvalue weighted by atomic mass is 9.89. The third-order valence-corrected chi connectivity index (χ3v) is 6.00. The van der Waals surface area contributed by atoms with E-state index in [0.29, 0.717) is 25.4 Å². The lowest BCUT2D eigenvalue weighted by Crippen LogP contribution is -2.59. The average Bonchev–Trinajstić information content (AvgIpc) is 2.72. The highest BCUT2D eigenvalue weighted by Gasteiger charge is 2.42. The minimum Gasteiger partial charge on any atom is -0.486 e. The smallest absolute Gasteiger partial charge is 0.248 e. The van der Waals surface area contributed by atoms with Gasteiger partial charge in [0.05, 0.1) is 5.60 Å². The molecule has 1 amide bonds. The van der Waals surface area contributed by atoms with Crippen LogP contribution in [0.2, 0.25) is 0 Å². The van der Waals surface area contributed by atoms with Crippen molar-refractivity contribution in [3.63, 3.8) is 0 Å². The number of β-amino-alcohol motifs (C(OH)–C–C–N with tert-alkyl or cyclic N) is 1. The number of hydrogen-bond donors (Lipinski definition) is 1. The summed E-state index contributed by atoms with van der Waals surface area (Å²) in [6, 6.07) is 7.55. The predicted octanol–water partition coefficient (Wildman–Crippen LogP) is 1.29. The Morgan fingerprint density at radius 1 is 1.25 bits per heavy atom. The molecule has 3 aliphatic heterocycles. The first-order chi connectivity index (χ1) is 13.6. The van der Waals surface area contributed by atoms with E-state index >= 15 is 0 Å². The van der Waals surface area contributed by atoms with E-state index in [0.717, 1.165) is 44.6 Å². The first kappa shape index (κ1) is 19.5. The zero-order valence-electron chi connectivity index (χ0n) is 16.5. The summed E-state index contributed by atoms with van der Waals surface area (Å²) in [6.45, 7) is 6.35. The number of morpholine rings is 1. The number of carbonyl (C=O) groups is 1. The van der Waals surface area contributed by atoms with Crippen molar-refractivity contribution < 1.29 is 24.1 Å². The van der Waals surface area contributed by atoms with E-state index in [4.69, 9.17) is 14.2 Å². The summed E-state index contributed by atoms with van der Waals surface area (Å²) in [7, 11) is 0. The zero-order valence-corrected chi connectivity index (χ0v) is 16.5. The van der Waals surface area contributed by atoms with Crippen LogP contribution in [0.4, 0.5) is 0 Å². The number of benzene rings is 1. The predicted molar refractivity (Wildman–Crippen MR) is 104 cm³/mol. The molecule has 0 aromatic heterocycles. The molecular formula is C21H30N2O5. The molecule has 1 spiro atoms. The van der Waals surface area contributed by atoms with Crippen LogP contribution in [0.5, 0.6) is 11.5 Å². The van der Waals surface area contributed by atoms with Gasteiger partial charge in [-0.15, -0.1) is 0 Å². The molecule has 28 heavy (non-hydrogen) atoms. The van der Waals surface area contributed by atoms with E-state index < -0.39 is 6.10 Å². The first-order valence-corrected chi connectivity index (χ1v) is 10.3. The third-order valence-electron chi connectivity index (χ3n) is 6.00. The lowest BCUT2D eigenvalue weighted by Gasteiger charge is -2.47. The third kappa shape index (κ3) is 4.11. The van der Waals surface area contributed by atoms with Crippen LogP contribution in [0.15, 0.2) is 24.3 Å². The van der Waals surface area contributed by atoms with Crippen molar-refractivity contribution in [3.8, 4) is 11.5 Å². The Kier molecular flexibility index (Phi) is 5.75. The van der Waals surface area contributed by atoms with Crippen molar-refractivity contribution in [2.75, 3.05) is 45.9 Å². The maximum atomic E-state index is 12.0. The van der Waals surface area contributed by atoms with Crippen LogP contribution in [-0.2, 0) is 9.53 Å². The van der Waals surface area contributed by atoms with Crippen molar-refractivity contribution in [3.05, 3.63) is 24.3 Å². The number of carbonyl (C=O) groups excluding carboxylic acids is 1. The van der Waals surface area contributed by atoms with Gasteiger partial charge < -0.3 is 29.1 Å². The molecule has 154 valence electrons. The highest BCUT2D eigenvalue weighted by atomic mass is 16.6. The molecule has 1 aromatic rings. The average molecular weight is 390 g/mol. The molecule has 0 bridgehead atoms. The van der Waals surface area contributed by atoms with Crippen molar-refractivity contribution in [2.24, 2.45) is 0 Å². The Hall–Kier alpha value is -1.83. The van der Waals surface area contributed by atoms with Crippen molar-refractivity contribution >= 4 is 5.91 Å². The number of aliphatic hydroxyl groups excluding tert-OH is 1. The van der Waals surface area contributed by atoms with Gasteiger partial charge in [-0.25, -0.2) is 0 Å². The standard InChI is InChI=1S/C21H30N2O5/c1-2-9-23-15-21(27-14-20(23)25)7-10-22(11-8-21)12-16(24)19-13-26-17-5-3-4-6-18(17)28-19/h3-6,16,19,24H,2,7-15H2,1H3. The summed E-state index contributed by atoms with van der Waals surface area (Å²) < 4.78 is 17.6. The Balaban J connectivity index is 1.28. The van der Waals surface area contributed by atoms with E-state index in [1.165, 1.54) is 0 Å². The molecule has 3 aliphatic rings. The molecule has 0 saturated carbocycles. The van der Waals surface area contributed by atoms with Crippen LogP contribution >= 0.6 is 0 Å². The molecule has 0 aliphatic carbocycles. The second-order valence-electron chi connectivity index (χ2n) is 8.07. The van der Waals surface area contributed by atoms with Gasteiger partial charge in [0.25, 0.3) is 0 Å². The maximum Gasteiger partial charge on any atom is 0.248 e. The molecular weight excluding hydrogens is 360 g/mol. The van der Waals surface area contributed by atoms with Gasteiger partial charge in [-0.2, -0.15) is 0 Å². The van der Waals surface area contributed by atoms with Gasteiger partial charge in [-0.1, -0.05) is 19.1 Å². The number of amides is 1. The fourth-order valence-corrected chi connectivity index (χ4v) is 4.31. The molecule has 0 radical (unpaired) electrons. The minimum atomic E-state index is -0.618. The number of rotatable bonds is 5. The largest absolute Gasteiger partial charge is 0.486 e. The summed E-state index contributed by atoms with van der Waals surface area (Å²) in [4.78, 5) is 16.2. The molecule has 7 heteroatoms. The number of aliphatic hydroxyl groups is 1. The Bertz CT molecular complexity index is 689. The molecule has 2 atom stereocenters. The van der Waals surface area contributed by atoms with Crippen LogP contribution in [0.3, 0.4) is 0 Å². The second kappa shape index (κ2) is 8.27. The monoisotopic (exact) mass is 390 g/mol. The number of hydrogen-bond acceptors (Lipinski definition) is 6. The van der Waals surface area contributed by atoms with Crippen LogP contribution in [-0.4, -0.2) is 84.6 Å². The number of likely N-dealkylation sites (tertiary alicyclic amines) is 1.